The lowest BCUT2D eigenvalue weighted by Gasteiger charge is -2.05. The molecule has 16 heavy (non-hydrogen) atoms. The molecule has 0 aliphatic heterocycles. The number of aromatic nitrogens is 3. The number of nitrogens with zero attached hydrogens (tertiary/aromatic N) is 3. The van der Waals surface area contributed by atoms with E-state index in [2.05, 4.69) is 22.3 Å². The lowest BCUT2D eigenvalue weighted by atomic mass is 10.3. The van der Waals surface area contributed by atoms with Gasteiger partial charge in [-0.05, 0) is 24.6 Å². The minimum absolute atomic E-state index is 0.839. The quantitative estimate of drug-likeness (QED) is 0.781. The van der Waals surface area contributed by atoms with Crippen molar-refractivity contribution >= 4 is 5.69 Å². The van der Waals surface area contributed by atoms with Gasteiger partial charge in [0.05, 0.1) is 11.9 Å². The van der Waals surface area contributed by atoms with Crippen LogP contribution in [0.1, 0.15) is 19.8 Å². The molecule has 2 aromatic heterocycles. The minimum atomic E-state index is 0.839. The molecule has 0 amide bonds. The van der Waals surface area contributed by atoms with Gasteiger partial charge in [-0.1, -0.05) is 13.3 Å². The number of hydrogen-bond donors (Lipinski definition) is 1. The third-order valence-electron chi connectivity index (χ3n) is 2.35. The number of hydrogen-bond acceptors (Lipinski definition) is 3. The van der Waals surface area contributed by atoms with Gasteiger partial charge in [-0.15, -0.1) is 0 Å². The molecule has 0 aromatic carbocycles. The molecule has 0 atom stereocenters. The molecular formula is C12H16N4. The van der Waals surface area contributed by atoms with Crippen molar-refractivity contribution in [3.05, 3.63) is 36.8 Å². The summed E-state index contributed by atoms with van der Waals surface area (Å²) >= 11 is 0. The Labute approximate surface area is 95.3 Å². The van der Waals surface area contributed by atoms with Crippen LogP contribution in [0.25, 0.3) is 5.82 Å². The normalized spacial score (nSPS) is 10.3. The Kier molecular flexibility index (Phi) is 3.53. The molecule has 0 bridgehead atoms. The van der Waals surface area contributed by atoms with E-state index in [1.807, 2.05) is 30.6 Å². The third kappa shape index (κ3) is 2.59. The van der Waals surface area contributed by atoms with Crippen molar-refractivity contribution in [2.45, 2.75) is 19.8 Å². The third-order valence-corrected chi connectivity index (χ3v) is 2.35. The van der Waals surface area contributed by atoms with Crippen molar-refractivity contribution in [1.29, 1.82) is 0 Å². The van der Waals surface area contributed by atoms with Crippen molar-refractivity contribution in [1.82, 2.24) is 14.8 Å². The first kappa shape index (κ1) is 10.7. The van der Waals surface area contributed by atoms with Gasteiger partial charge in [-0.25, -0.2) is 9.67 Å². The van der Waals surface area contributed by atoms with E-state index >= 15 is 0 Å². The number of nitrogens with one attached hydrogen (secondary N) is 1. The van der Waals surface area contributed by atoms with Crippen LogP contribution >= 0.6 is 0 Å². The van der Waals surface area contributed by atoms with Gasteiger partial charge in [0.15, 0.2) is 5.82 Å². The molecule has 2 rings (SSSR count). The summed E-state index contributed by atoms with van der Waals surface area (Å²) in [5, 5.41) is 7.45. The molecule has 0 saturated carbocycles. The van der Waals surface area contributed by atoms with Gasteiger partial charge in [-0.3, -0.25) is 0 Å². The highest BCUT2D eigenvalue weighted by atomic mass is 15.3. The molecule has 4 nitrogen and oxygen atoms in total. The summed E-state index contributed by atoms with van der Waals surface area (Å²) in [4.78, 5) is 4.34. The number of anilines is 1. The smallest absolute Gasteiger partial charge is 0.153 e. The second kappa shape index (κ2) is 5.30. The maximum Gasteiger partial charge on any atom is 0.153 e. The summed E-state index contributed by atoms with van der Waals surface area (Å²) < 4.78 is 1.75. The Hall–Kier alpha value is -1.84. The van der Waals surface area contributed by atoms with Crippen LogP contribution in [0.5, 0.6) is 0 Å². The first-order valence-electron chi connectivity index (χ1n) is 5.60. The Morgan fingerprint density at radius 2 is 2.31 bits per heavy atom. The average Bonchev–Trinajstić information content (AvgIpc) is 2.84. The zero-order chi connectivity index (χ0) is 11.2. The fourth-order valence-electron chi connectivity index (χ4n) is 1.44. The highest BCUT2D eigenvalue weighted by molar-refractivity contribution is 5.43. The van der Waals surface area contributed by atoms with Crippen LogP contribution in [-0.2, 0) is 0 Å². The van der Waals surface area contributed by atoms with Crippen molar-refractivity contribution in [2.75, 3.05) is 11.9 Å². The van der Waals surface area contributed by atoms with Gasteiger partial charge in [0.1, 0.15) is 0 Å². The van der Waals surface area contributed by atoms with Gasteiger partial charge >= 0.3 is 0 Å². The molecule has 0 saturated heterocycles. The Bertz CT molecular complexity index is 405. The molecule has 84 valence electrons. The van der Waals surface area contributed by atoms with Gasteiger partial charge in [0.25, 0.3) is 0 Å². The fraction of sp³-hybridized carbons (Fsp3) is 0.333. The van der Waals surface area contributed by atoms with E-state index in [9.17, 15) is 0 Å². The van der Waals surface area contributed by atoms with E-state index in [1.54, 1.807) is 10.9 Å². The summed E-state index contributed by atoms with van der Waals surface area (Å²) in [6, 6.07) is 5.87. The molecule has 0 unspecified atom stereocenters. The molecule has 0 aliphatic carbocycles. The van der Waals surface area contributed by atoms with Crippen molar-refractivity contribution in [3.63, 3.8) is 0 Å². The molecule has 0 radical (unpaired) electrons. The predicted molar refractivity (Wildman–Crippen MR) is 64.8 cm³/mol. The maximum absolute atomic E-state index is 4.34. The van der Waals surface area contributed by atoms with Crippen LogP contribution in [0.15, 0.2) is 36.8 Å². The van der Waals surface area contributed by atoms with Crippen molar-refractivity contribution < 1.29 is 0 Å². The largest absolute Gasteiger partial charge is 0.384 e. The number of unbranched alkanes of at least 4 members (excludes halogenated alkanes) is 1. The van der Waals surface area contributed by atoms with Crippen LogP contribution in [0.3, 0.4) is 0 Å². The molecule has 4 heteroatoms. The van der Waals surface area contributed by atoms with Crippen LogP contribution in [0, 0.1) is 0 Å². The molecule has 2 heterocycles. The van der Waals surface area contributed by atoms with Gasteiger partial charge in [0.2, 0.25) is 0 Å². The molecule has 0 fully saturated rings. The lowest BCUT2D eigenvalue weighted by Crippen LogP contribution is -2.03. The zero-order valence-corrected chi connectivity index (χ0v) is 9.43. The second-order valence-corrected chi connectivity index (χ2v) is 3.64. The molecule has 0 aliphatic rings. The number of rotatable bonds is 5. The Morgan fingerprint density at radius 1 is 1.38 bits per heavy atom. The summed E-state index contributed by atoms with van der Waals surface area (Å²) in [7, 11) is 0. The molecule has 2 aromatic rings. The molecule has 0 spiro atoms. The Balaban J connectivity index is 2.00. The summed E-state index contributed by atoms with van der Waals surface area (Å²) in [6.07, 6.45) is 7.85. The van der Waals surface area contributed by atoms with E-state index in [1.165, 1.54) is 12.8 Å². The van der Waals surface area contributed by atoms with Crippen LogP contribution < -0.4 is 5.32 Å². The van der Waals surface area contributed by atoms with Crippen molar-refractivity contribution in [3.8, 4) is 5.82 Å². The number of pyridine rings is 1. The van der Waals surface area contributed by atoms with E-state index in [-0.39, 0.29) is 0 Å². The zero-order valence-electron chi connectivity index (χ0n) is 9.43. The van der Waals surface area contributed by atoms with E-state index in [0.717, 1.165) is 18.1 Å². The van der Waals surface area contributed by atoms with Crippen LogP contribution in [0.2, 0.25) is 0 Å². The monoisotopic (exact) mass is 216 g/mol. The van der Waals surface area contributed by atoms with E-state index in [4.69, 9.17) is 0 Å². The summed E-state index contributed by atoms with van der Waals surface area (Å²) in [5.74, 6) is 0.839. The minimum Gasteiger partial charge on any atom is -0.384 e. The SMILES string of the molecule is CCCCNc1ccc(-n2cccn2)nc1. The van der Waals surface area contributed by atoms with Gasteiger partial charge in [-0.2, -0.15) is 5.10 Å². The van der Waals surface area contributed by atoms with Crippen molar-refractivity contribution in [2.24, 2.45) is 0 Å². The van der Waals surface area contributed by atoms with Gasteiger partial charge in [0, 0.05) is 18.9 Å². The highest BCUT2D eigenvalue weighted by Crippen LogP contribution is 2.08. The Morgan fingerprint density at radius 3 is 2.94 bits per heavy atom. The first-order chi connectivity index (χ1) is 7.90. The van der Waals surface area contributed by atoms with Gasteiger partial charge < -0.3 is 5.32 Å². The average molecular weight is 216 g/mol. The standard InChI is InChI=1S/C12H16N4/c1-2-3-7-13-11-5-6-12(14-10-11)16-9-4-8-15-16/h4-6,8-10,13H,2-3,7H2,1H3. The first-order valence-corrected chi connectivity index (χ1v) is 5.60. The van der Waals surface area contributed by atoms with Crippen LogP contribution in [0.4, 0.5) is 5.69 Å². The highest BCUT2D eigenvalue weighted by Gasteiger charge is 1.97. The van der Waals surface area contributed by atoms with Crippen LogP contribution in [-0.4, -0.2) is 21.3 Å². The summed E-state index contributed by atoms with van der Waals surface area (Å²) in [5.41, 5.74) is 1.06. The topological polar surface area (TPSA) is 42.7 Å². The predicted octanol–water partition coefficient (Wildman–Crippen LogP) is 2.48. The second-order valence-electron chi connectivity index (χ2n) is 3.64. The lowest BCUT2D eigenvalue weighted by molar-refractivity contribution is 0.830. The maximum atomic E-state index is 4.34. The van der Waals surface area contributed by atoms with E-state index < -0.39 is 0 Å². The molecule has 1 N–H and O–H groups in total. The molecular weight excluding hydrogens is 200 g/mol. The fourth-order valence-corrected chi connectivity index (χ4v) is 1.44. The van der Waals surface area contributed by atoms with E-state index in [0.29, 0.717) is 0 Å². The summed E-state index contributed by atoms with van der Waals surface area (Å²) in [6.45, 7) is 3.18.